The van der Waals surface area contributed by atoms with E-state index in [1.807, 2.05) is 0 Å². The zero-order valence-corrected chi connectivity index (χ0v) is 12.6. The summed E-state index contributed by atoms with van der Waals surface area (Å²) in [6.07, 6.45) is 0.685. The predicted octanol–water partition coefficient (Wildman–Crippen LogP) is -1.40. The zero-order valence-electron chi connectivity index (χ0n) is 9.52. The van der Waals surface area contributed by atoms with Crippen LogP contribution in [0.15, 0.2) is 0 Å². The van der Waals surface area contributed by atoms with Crippen LogP contribution >= 0.6 is 0 Å². The molecule has 0 spiro atoms. The Labute approximate surface area is 130 Å². The molecule has 0 amide bonds. The molecule has 2 nitrogen and oxygen atoms in total. The molecule has 1 aromatic rings. The summed E-state index contributed by atoms with van der Waals surface area (Å²) in [6.45, 7) is -1.54. The first-order valence-corrected chi connectivity index (χ1v) is 4.66. The van der Waals surface area contributed by atoms with Gasteiger partial charge in [-0.2, -0.15) is 5.10 Å². The molecular formula is C8H13BF3KN2. The van der Waals surface area contributed by atoms with Gasteiger partial charge in [0.05, 0.1) is 0 Å². The molecule has 0 aliphatic rings. The number of halogens is 3. The van der Waals surface area contributed by atoms with E-state index in [1.54, 1.807) is 20.9 Å². The smallest absolute Gasteiger partial charge is 0.445 e. The van der Waals surface area contributed by atoms with Crippen molar-refractivity contribution in [1.29, 1.82) is 0 Å². The molecule has 80 valence electrons. The Bertz CT molecular complexity index is 335. The van der Waals surface area contributed by atoms with Gasteiger partial charge >= 0.3 is 58.4 Å². The van der Waals surface area contributed by atoms with E-state index in [4.69, 9.17) is 0 Å². The van der Waals surface area contributed by atoms with Crippen molar-refractivity contribution in [2.45, 2.75) is 26.7 Å². The Kier molecular flexibility index (Phi) is 6.13. The van der Waals surface area contributed by atoms with Crippen molar-refractivity contribution in [2.24, 2.45) is 7.05 Å². The monoisotopic (exact) mass is 244 g/mol. The third-order valence-corrected chi connectivity index (χ3v) is 2.28. The van der Waals surface area contributed by atoms with Crippen molar-refractivity contribution in [3.8, 4) is 0 Å². The van der Waals surface area contributed by atoms with E-state index < -0.39 is 12.4 Å². The van der Waals surface area contributed by atoms with Crippen LogP contribution in [-0.4, -0.2) is 16.8 Å². The van der Waals surface area contributed by atoms with Crippen molar-refractivity contribution in [2.75, 3.05) is 0 Å². The molecule has 0 aliphatic carbocycles. The van der Waals surface area contributed by atoms with Crippen molar-refractivity contribution >= 4 is 12.4 Å². The fraction of sp³-hybridized carbons (Fsp3) is 0.625. The first kappa shape index (κ1) is 15.7. The summed E-state index contributed by atoms with van der Waals surface area (Å²) in [5, 5.41) is 3.88. The molecule has 0 aliphatic heterocycles. The molecule has 1 heterocycles. The Morgan fingerprint density at radius 3 is 2.07 bits per heavy atom. The zero-order chi connectivity index (χ0) is 10.9. The Balaban J connectivity index is 0.00000196. The Hall–Kier alpha value is 0.701. The SMILES string of the molecule is CCc1nn(C)c(CC)c1[B-](F)(F)F.[K+]. The minimum absolute atomic E-state index is 0. The normalized spacial score (nSPS) is 11.3. The molecule has 0 bridgehead atoms. The van der Waals surface area contributed by atoms with Crippen molar-refractivity contribution in [1.82, 2.24) is 9.78 Å². The molecule has 7 heteroatoms. The van der Waals surface area contributed by atoms with E-state index in [9.17, 15) is 12.9 Å². The molecule has 0 radical (unpaired) electrons. The number of aromatic nitrogens is 2. The predicted molar refractivity (Wildman–Crippen MR) is 50.7 cm³/mol. The Morgan fingerprint density at radius 1 is 1.20 bits per heavy atom. The van der Waals surface area contributed by atoms with Gasteiger partial charge in [-0.15, -0.1) is 0 Å². The number of rotatable bonds is 3. The topological polar surface area (TPSA) is 17.8 Å². The van der Waals surface area contributed by atoms with Crippen LogP contribution in [0.3, 0.4) is 0 Å². The average Bonchev–Trinajstić information content (AvgIpc) is 2.40. The summed E-state index contributed by atoms with van der Waals surface area (Å²) in [4.78, 5) is 0. The summed E-state index contributed by atoms with van der Waals surface area (Å²) in [6, 6.07) is 0. The van der Waals surface area contributed by atoms with Gasteiger partial charge in [0.1, 0.15) is 0 Å². The standard InChI is InChI=1S/C8H13BF3N2.K/c1-4-6-8(9(10,11)12)7(5-2)14(3)13-6;/h4-5H2,1-3H3;/q-1;+1. The first-order valence-electron chi connectivity index (χ1n) is 4.66. The van der Waals surface area contributed by atoms with Gasteiger partial charge in [-0.3, -0.25) is 4.68 Å². The summed E-state index contributed by atoms with van der Waals surface area (Å²) in [7, 11) is 1.56. The number of nitrogens with zero attached hydrogens (tertiary/aromatic N) is 2. The summed E-state index contributed by atoms with van der Waals surface area (Å²) < 4.78 is 39.5. The fourth-order valence-electron chi connectivity index (χ4n) is 1.69. The van der Waals surface area contributed by atoms with Gasteiger partial charge in [0, 0.05) is 18.4 Å². The maximum Gasteiger partial charge on any atom is 1.00 e. The van der Waals surface area contributed by atoms with Crippen LogP contribution in [0.25, 0.3) is 0 Å². The second kappa shape index (κ2) is 5.86. The number of hydrogen-bond acceptors (Lipinski definition) is 1. The van der Waals surface area contributed by atoms with Gasteiger partial charge in [0.15, 0.2) is 0 Å². The molecule has 0 saturated heterocycles. The van der Waals surface area contributed by atoms with Gasteiger partial charge in [-0.25, -0.2) is 0 Å². The van der Waals surface area contributed by atoms with Crippen molar-refractivity contribution in [3.05, 3.63) is 11.4 Å². The van der Waals surface area contributed by atoms with Crippen molar-refractivity contribution in [3.63, 3.8) is 0 Å². The van der Waals surface area contributed by atoms with Crippen LogP contribution < -0.4 is 56.8 Å². The summed E-state index contributed by atoms with van der Waals surface area (Å²) in [5.41, 5.74) is -0.0382. The van der Waals surface area contributed by atoms with Crippen LogP contribution in [0.1, 0.15) is 25.2 Å². The van der Waals surface area contributed by atoms with E-state index in [0.29, 0.717) is 12.8 Å². The second-order valence-electron chi connectivity index (χ2n) is 3.21. The average molecular weight is 244 g/mol. The number of hydrogen-bond donors (Lipinski definition) is 0. The van der Waals surface area contributed by atoms with E-state index in [-0.39, 0.29) is 62.8 Å². The minimum atomic E-state index is -4.93. The van der Waals surface area contributed by atoms with Crippen molar-refractivity contribution < 1.29 is 64.3 Å². The molecule has 0 N–H and O–H groups in total. The minimum Gasteiger partial charge on any atom is -0.445 e. The molecule has 0 saturated carbocycles. The molecule has 0 atom stereocenters. The fourth-order valence-corrected chi connectivity index (χ4v) is 1.69. The van der Waals surface area contributed by atoms with E-state index in [1.165, 1.54) is 4.68 Å². The van der Waals surface area contributed by atoms with E-state index in [0.717, 1.165) is 0 Å². The summed E-state index contributed by atoms with van der Waals surface area (Å²) >= 11 is 0. The van der Waals surface area contributed by atoms with Gasteiger partial charge in [0.25, 0.3) is 0 Å². The van der Waals surface area contributed by atoms with Crippen LogP contribution in [0.4, 0.5) is 12.9 Å². The maximum absolute atomic E-state index is 12.7. The van der Waals surface area contributed by atoms with Gasteiger partial charge in [-0.05, 0) is 12.8 Å². The van der Waals surface area contributed by atoms with E-state index in [2.05, 4.69) is 5.10 Å². The molecular weight excluding hydrogens is 231 g/mol. The van der Waals surface area contributed by atoms with Gasteiger partial charge < -0.3 is 12.9 Å². The first-order chi connectivity index (χ1) is 6.41. The molecule has 1 aromatic heterocycles. The van der Waals surface area contributed by atoms with Crippen LogP contribution in [-0.2, 0) is 19.9 Å². The largest absolute Gasteiger partial charge is 1.00 e. The quantitative estimate of drug-likeness (QED) is 0.598. The molecule has 0 aromatic carbocycles. The third kappa shape index (κ3) is 3.33. The molecule has 15 heavy (non-hydrogen) atoms. The summed E-state index contributed by atoms with van der Waals surface area (Å²) in [5.74, 6) is 0. The maximum atomic E-state index is 12.7. The van der Waals surface area contributed by atoms with Crippen LogP contribution in [0, 0.1) is 0 Å². The van der Waals surface area contributed by atoms with Gasteiger partial charge in [-0.1, -0.05) is 19.3 Å². The molecule has 0 fully saturated rings. The van der Waals surface area contributed by atoms with Gasteiger partial charge in [0.2, 0.25) is 0 Å². The number of aryl methyl sites for hydroxylation is 2. The van der Waals surface area contributed by atoms with Crippen LogP contribution in [0.2, 0.25) is 0 Å². The molecule has 1 rings (SSSR count). The van der Waals surface area contributed by atoms with Crippen LogP contribution in [0.5, 0.6) is 0 Å². The molecule has 0 unspecified atom stereocenters. The Morgan fingerprint density at radius 2 is 1.73 bits per heavy atom. The second-order valence-corrected chi connectivity index (χ2v) is 3.21. The van der Waals surface area contributed by atoms with E-state index >= 15 is 0 Å². The third-order valence-electron chi connectivity index (χ3n) is 2.28.